The highest BCUT2D eigenvalue weighted by Crippen LogP contribution is 2.17. The topological polar surface area (TPSA) is 60.2 Å². The summed E-state index contributed by atoms with van der Waals surface area (Å²) in [4.78, 5) is 3.79. The van der Waals surface area contributed by atoms with Crippen molar-refractivity contribution in [1.29, 1.82) is 0 Å². The molecule has 0 fully saturated rings. The first-order valence-corrected chi connectivity index (χ1v) is 5.50. The van der Waals surface area contributed by atoms with E-state index in [1.54, 1.807) is 35.3 Å². The summed E-state index contributed by atoms with van der Waals surface area (Å²) in [5.74, 6) is 0.634. The molecule has 5 nitrogen and oxygen atoms in total. The molecule has 1 aromatic carbocycles. The molecule has 0 aliphatic carbocycles. The molecule has 0 saturated heterocycles. The van der Waals surface area contributed by atoms with Crippen LogP contribution in [0.1, 0.15) is 0 Å². The zero-order valence-corrected chi connectivity index (χ0v) is 9.79. The molecule has 0 bridgehead atoms. The number of aliphatic hydroxyl groups excluding tert-OH is 1. The number of halogens is 1. The summed E-state index contributed by atoms with van der Waals surface area (Å²) in [5.41, 5.74) is 0. The first kappa shape index (κ1) is 11.9. The number of benzene rings is 1. The molecule has 90 valence electrons. The second-order valence-electron chi connectivity index (χ2n) is 3.54. The quantitative estimate of drug-likeness (QED) is 0.874. The number of ether oxygens (including phenoxy) is 1. The lowest BCUT2D eigenvalue weighted by Crippen LogP contribution is -2.23. The van der Waals surface area contributed by atoms with Crippen LogP contribution in [-0.2, 0) is 6.54 Å². The minimum atomic E-state index is -0.643. The third kappa shape index (κ3) is 3.72. The molecule has 1 N–H and O–H groups in total. The van der Waals surface area contributed by atoms with Crippen LogP contribution in [0.5, 0.6) is 5.75 Å². The van der Waals surface area contributed by atoms with Gasteiger partial charge in [0, 0.05) is 5.02 Å². The molecule has 1 atom stereocenters. The van der Waals surface area contributed by atoms with Crippen LogP contribution in [0.15, 0.2) is 36.9 Å². The summed E-state index contributed by atoms with van der Waals surface area (Å²) >= 11 is 5.81. The molecular formula is C11H12ClN3O2. The van der Waals surface area contributed by atoms with E-state index < -0.39 is 6.10 Å². The molecule has 0 aliphatic heterocycles. The smallest absolute Gasteiger partial charge is 0.137 e. The fourth-order valence-corrected chi connectivity index (χ4v) is 1.53. The lowest BCUT2D eigenvalue weighted by Gasteiger charge is -2.12. The summed E-state index contributed by atoms with van der Waals surface area (Å²) in [7, 11) is 0. The zero-order valence-electron chi connectivity index (χ0n) is 9.03. The predicted octanol–water partition coefficient (Wildman–Crippen LogP) is 1.37. The van der Waals surface area contributed by atoms with Crippen LogP contribution in [0.4, 0.5) is 0 Å². The molecule has 1 aromatic heterocycles. The average molecular weight is 254 g/mol. The van der Waals surface area contributed by atoms with E-state index in [1.807, 2.05) is 0 Å². The van der Waals surface area contributed by atoms with Gasteiger partial charge in [-0.25, -0.2) is 4.98 Å². The van der Waals surface area contributed by atoms with E-state index in [0.717, 1.165) is 0 Å². The van der Waals surface area contributed by atoms with Gasteiger partial charge >= 0.3 is 0 Å². The van der Waals surface area contributed by atoms with Gasteiger partial charge in [-0.15, -0.1) is 0 Å². The minimum Gasteiger partial charge on any atom is -0.491 e. The largest absolute Gasteiger partial charge is 0.491 e. The number of rotatable bonds is 5. The van der Waals surface area contributed by atoms with E-state index in [4.69, 9.17) is 16.3 Å². The van der Waals surface area contributed by atoms with Crippen molar-refractivity contribution in [3.63, 3.8) is 0 Å². The molecule has 1 heterocycles. The number of hydrogen-bond acceptors (Lipinski definition) is 4. The van der Waals surface area contributed by atoms with Crippen molar-refractivity contribution in [2.45, 2.75) is 12.6 Å². The van der Waals surface area contributed by atoms with Gasteiger partial charge in [-0.3, -0.25) is 4.68 Å². The van der Waals surface area contributed by atoms with Crippen molar-refractivity contribution in [2.24, 2.45) is 0 Å². The molecule has 2 aromatic rings. The van der Waals surface area contributed by atoms with Crippen LogP contribution in [0.3, 0.4) is 0 Å². The minimum absolute atomic E-state index is 0.181. The van der Waals surface area contributed by atoms with E-state index in [2.05, 4.69) is 10.1 Å². The third-order valence-electron chi connectivity index (χ3n) is 2.10. The molecule has 6 heteroatoms. The van der Waals surface area contributed by atoms with E-state index in [0.29, 0.717) is 17.3 Å². The lowest BCUT2D eigenvalue weighted by molar-refractivity contribution is 0.0892. The van der Waals surface area contributed by atoms with Crippen molar-refractivity contribution in [2.75, 3.05) is 6.61 Å². The number of aromatic nitrogens is 3. The van der Waals surface area contributed by atoms with Gasteiger partial charge in [0.2, 0.25) is 0 Å². The highest BCUT2D eigenvalue weighted by molar-refractivity contribution is 6.30. The molecule has 2 rings (SSSR count). The molecular weight excluding hydrogens is 242 g/mol. The Balaban J connectivity index is 1.82. The van der Waals surface area contributed by atoms with Gasteiger partial charge in [-0.2, -0.15) is 5.10 Å². The van der Waals surface area contributed by atoms with Crippen molar-refractivity contribution in [1.82, 2.24) is 14.8 Å². The SMILES string of the molecule is O[C@H](COc1cccc(Cl)c1)Cn1cncn1. The van der Waals surface area contributed by atoms with Crippen LogP contribution in [-0.4, -0.2) is 32.6 Å². The van der Waals surface area contributed by atoms with Gasteiger partial charge in [-0.05, 0) is 18.2 Å². The van der Waals surface area contributed by atoms with E-state index in [9.17, 15) is 5.11 Å². The Hall–Kier alpha value is -1.59. The number of nitrogens with zero attached hydrogens (tertiary/aromatic N) is 3. The number of hydrogen-bond donors (Lipinski definition) is 1. The lowest BCUT2D eigenvalue weighted by atomic mass is 10.3. The van der Waals surface area contributed by atoms with Crippen molar-refractivity contribution >= 4 is 11.6 Å². The zero-order chi connectivity index (χ0) is 12.1. The monoisotopic (exact) mass is 253 g/mol. The van der Waals surface area contributed by atoms with Crippen LogP contribution in [0, 0.1) is 0 Å². The van der Waals surface area contributed by atoms with Gasteiger partial charge < -0.3 is 9.84 Å². The van der Waals surface area contributed by atoms with Crippen LogP contribution >= 0.6 is 11.6 Å². The fraction of sp³-hybridized carbons (Fsp3) is 0.273. The van der Waals surface area contributed by atoms with E-state index >= 15 is 0 Å². The maximum Gasteiger partial charge on any atom is 0.137 e. The Morgan fingerprint density at radius 1 is 1.47 bits per heavy atom. The molecule has 0 spiro atoms. The van der Waals surface area contributed by atoms with Gasteiger partial charge in [-0.1, -0.05) is 17.7 Å². The predicted molar refractivity (Wildman–Crippen MR) is 63.0 cm³/mol. The van der Waals surface area contributed by atoms with Crippen molar-refractivity contribution in [3.8, 4) is 5.75 Å². The summed E-state index contributed by atoms with van der Waals surface area (Å²) in [6.45, 7) is 0.529. The van der Waals surface area contributed by atoms with Gasteiger partial charge in [0.25, 0.3) is 0 Å². The summed E-state index contributed by atoms with van der Waals surface area (Å²) in [6.07, 6.45) is 2.32. The van der Waals surface area contributed by atoms with E-state index in [1.165, 1.54) is 6.33 Å². The Bertz CT molecular complexity index is 461. The Morgan fingerprint density at radius 2 is 2.35 bits per heavy atom. The molecule has 0 radical (unpaired) electrons. The molecule has 0 amide bonds. The highest BCUT2D eigenvalue weighted by Gasteiger charge is 2.06. The highest BCUT2D eigenvalue weighted by atomic mass is 35.5. The Morgan fingerprint density at radius 3 is 3.06 bits per heavy atom. The van der Waals surface area contributed by atoms with E-state index in [-0.39, 0.29) is 6.61 Å². The normalized spacial score (nSPS) is 12.4. The van der Waals surface area contributed by atoms with Crippen LogP contribution in [0.25, 0.3) is 0 Å². The van der Waals surface area contributed by atoms with Gasteiger partial charge in [0.05, 0.1) is 6.54 Å². The second kappa shape index (κ2) is 5.65. The first-order chi connectivity index (χ1) is 8.24. The number of aliphatic hydroxyl groups is 1. The van der Waals surface area contributed by atoms with Crippen molar-refractivity contribution in [3.05, 3.63) is 41.9 Å². The van der Waals surface area contributed by atoms with Crippen LogP contribution in [0.2, 0.25) is 5.02 Å². The second-order valence-corrected chi connectivity index (χ2v) is 3.98. The molecule has 17 heavy (non-hydrogen) atoms. The third-order valence-corrected chi connectivity index (χ3v) is 2.34. The summed E-state index contributed by atoms with van der Waals surface area (Å²) in [5, 5.41) is 14.2. The maximum atomic E-state index is 9.70. The summed E-state index contributed by atoms with van der Waals surface area (Å²) < 4.78 is 6.95. The molecule has 0 aliphatic rings. The van der Waals surface area contributed by atoms with Crippen molar-refractivity contribution < 1.29 is 9.84 Å². The van der Waals surface area contributed by atoms with Gasteiger partial charge in [0.1, 0.15) is 31.1 Å². The Kier molecular flexibility index (Phi) is 3.95. The standard InChI is InChI=1S/C11H12ClN3O2/c12-9-2-1-3-11(4-9)17-6-10(16)5-15-8-13-7-14-15/h1-4,7-8,10,16H,5-6H2/t10-/m0/s1. The molecule has 0 saturated carbocycles. The first-order valence-electron chi connectivity index (χ1n) is 5.13. The average Bonchev–Trinajstić information content (AvgIpc) is 2.79. The van der Waals surface area contributed by atoms with Crippen LogP contribution < -0.4 is 4.74 Å². The summed E-state index contributed by atoms with van der Waals surface area (Å²) in [6, 6.07) is 7.04. The Labute approximate surface area is 104 Å². The fourth-order valence-electron chi connectivity index (χ4n) is 1.34. The maximum absolute atomic E-state index is 9.70. The van der Waals surface area contributed by atoms with Gasteiger partial charge in [0.15, 0.2) is 0 Å². The molecule has 0 unspecified atom stereocenters.